The minimum Gasteiger partial charge on any atom is -0.369 e. The normalized spacial score (nSPS) is 19.9. The Morgan fingerprint density at radius 2 is 1.90 bits per heavy atom. The second-order valence-corrected chi connectivity index (χ2v) is 8.32. The van der Waals surface area contributed by atoms with Crippen LogP contribution in [0.3, 0.4) is 0 Å². The van der Waals surface area contributed by atoms with Crippen molar-refractivity contribution in [2.24, 2.45) is 5.73 Å². The van der Waals surface area contributed by atoms with Gasteiger partial charge in [-0.1, -0.05) is 36.4 Å². The average Bonchev–Trinajstić information content (AvgIpc) is 3.18. The number of para-hydroxylation sites is 1. The van der Waals surface area contributed by atoms with Gasteiger partial charge in [-0.05, 0) is 55.4 Å². The third kappa shape index (κ3) is 4.61. The summed E-state index contributed by atoms with van der Waals surface area (Å²) in [4.78, 5) is 17.4. The summed E-state index contributed by atoms with van der Waals surface area (Å²) in [6.07, 6.45) is 5.01. The zero-order valence-corrected chi connectivity index (χ0v) is 16.9. The van der Waals surface area contributed by atoms with Crippen LogP contribution in [-0.4, -0.2) is 42.5 Å². The van der Waals surface area contributed by atoms with Crippen LogP contribution >= 0.6 is 0 Å². The number of carbonyl (C=O) groups excluding carboxylic acids is 1. The maximum absolute atomic E-state index is 13.9. The monoisotopic (exact) mass is 395 g/mol. The Labute approximate surface area is 172 Å². The minimum absolute atomic E-state index is 0.0987. The van der Waals surface area contributed by atoms with Gasteiger partial charge in [-0.15, -0.1) is 0 Å². The standard InChI is InChI=1S/C24H30FN3O/c25-22-11-3-1-8-19(22)15-20(26)16-24(29)28-14-6-10-21(28)17-27-13-5-9-18-7-2-4-12-23(18)27/h1-4,7-8,11-12,20-21H,5-6,9-10,13-17,26H2/t20-,21?/m1/s1. The number of carbonyl (C=O) groups is 1. The van der Waals surface area contributed by atoms with Crippen molar-refractivity contribution in [3.63, 3.8) is 0 Å². The van der Waals surface area contributed by atoms with Gasteiger partial charge in [-0.25, -0.2) is 4.39 Å². The number of halogens is 1. The largest absolute Gasteiger partial charge is 0.369 e. The Balaban J connectivity index is 1.37. The van der Waals surface area contributed by atoms with Gasteiger partial charge in [0.2, 0.25) is 5.91 Å². The van der Waals surface area contributed by atoms with Crippen LogP contribution in [0.25, 0.3) is 0 Å². The van der Waals surface area contributed by atoms with E-state index in [0.29, 0.717) is 12.0 Å². The van der Waals surface area contributed by atoms with Gasteiger partial charge in [0.25, 0.3) is 0 Å². The van der Waals surface area contributed by atoms with Gasteiger partial charge in [-0.2, -0.15) is 0 Å². The van der Waals surface area contributed by atoms with Crippen LogP contribution in [0.15, 0.2) is 48.5 Å². The van der Waals surface area contributed by atoms with E-state index in [1.165, 1.54) is 17.3 Å². The molecule has 0 bridgehead atoms. The summed E-state index contributed by atoms with van der Waals surface area (Å²) in [6, 6.07) is 15.1. The molecule has 4 nitrogen and oxygen atoms in total. The van der Waals surface area contributed by atoms with E-state index >= 15 is 0 Å². The Hall–Kier alpha value is -2.40. The maximum atomic E-state index is 13.9. The number of nitrogens with zero attached hydrogens (tertiary/aromatic N) is 2. The Morgan fingerprint density at radius 1 is 1.10 bits per heavy atom. The third-order valence-corrected chi connectivity index (χ3v) is 6.21. The summed E-state index contributed by atoms with van der Waals surface area (Å²) >= 11 is 0. The van der Waals surface area contributed by atoms with Crippen molar-refractivity contribution in [3.8, 4) is 0 Å². The molecular formula is C24H30FN3O. The first-order valence-electron chi connectivity index (χ1n) is 10.7. The Bertz CT molecular complexity index is 856. The third-order valence-electron chi connectivity index (χ3n) is 6.21. The van der Waals surface area contributed by atoms with Crippen molar-refractivity contribution < 1.29 is 9.18 Å². The predicted octanol–water partition coefficient (Wildman–Crippen LogP) is 3.53. The molecule has 4 rings (SSSR count). The molecule has 0 saturated carbocycles. The number of hydrogen-bond acceptors (Lipinski definition) is 3. The van der Waals surface area contributed by atoms with Gasteiger partial charge in [0.15, 0.2) is 0 Å². The van der Waals surface area contributed by atoms with Crippen molar-refractivity contribution >= 4 is 11.6 Å². The highest BCUT2D eigenvalue weighted by molar-refractivity contribution is 5.77. The van der Waals surface area contributed by atoms with Crippen molar-refractivity contribution in [3.05, 3.63) is 65.5 Å². The molecule has 2 aliphatic rings. The average molecular weight is 396 g/mol. The molecule has 2 aromatic carbocycles. The fourth-order valence-corrected chi connectivity index (χ4v) is 4.77. The van der Waals surface area contributed by atoms with Crippen molar-refractivity contribution in [1.82, 2.24) is 4.90 Å². The number of anilines is 1. The van der Waals surface area contributed by atoms with Crippen LogP contribution in [0.4, 0.5) is 10.1 Å². The highest BCUT2D eigenvalue weighted by Gasteiger charge is 2.31. The first-order valence-corrected chi connectivity index (χ1v) is 10.7. The molecule has 2 N–H and O–H groups in total. The fraction of sp³-hybridized carbons (Fsp3) is 0.458. The first-order chi connectivity index (χ1) is 14.1. The van der Waals surface area contributed by atoms with Gasteiger partial charge in [0, 0.05) is 43.8 Å². The van der Waals surface area contributed by atoms with E-state index in [1.807, 2.05) is 4.90 Å². The Morgan fingerprint density at radius 3 is 2.76 bits per heavy atom. The van der Waals surface area contributed by atoms with Crippen molar-refractivity contribution in [1.29, 1.82) is 0 Å². The van der Waals surface area contributed by atoms with Gasteiger partial charge in [0.05, 0.1) is 0 Å². The number of hydrogen-bond donors (Lipinski definition) is 1. The number of rotatable bonds is 6. The molecular weight excluding hydrogens is 365 g/mol. The molecule has 1 unspecified atom stereocenters. The molecule has 154 valence electrons. The van der Waals surface area contributed by atoms with Gasteiger partial charge in [-0.3, -0.25) is 4.79 Å². The minimum atomic E-state index is -0.364. The lowest BCUT2D eigenvalue weighted by Crippen LogP contribution is -2.46. The quantitative estimate of drug-likeness (QED) is 0.814. The molecule has 0 aliphatic carbocycles. The molecule has 0 spiro atoms. The van der Waals surface area contributed by atoms with E-state index in [2.05, 4.69) is 29.2 Å². The van der Waals surface area contributed by atoms with E-state index in [9.17, 15) is 9.18 Å². The molecule has 1 fully saturated rings. The summed E-state index contributed by atoms with van der Waals surface area (Å²) < 4.78 is 13.9. The van der Waals surface area contributed by atoms with Crippen LogP contribution in [0.1, 0.15) is 36.8 Å². The van der Waals surface area contributed by atoms with Crippen molar-refractivity contribution in [2.75, 3.05) is 24.5 Å². The number of amides is 1. The van der Waals surface area contributed by atoms with Crippen LogP contribution in [0, 0.1) is 5.82 Å². The Kier molecular flexibility index (Phi) is 6.14. The van der Waals surface area contributed by atoms with E-state index in [0.717, 1.165) is 45.3 Å². The van der Waals surface area contributed by atoms with Gasteiger partial charge >= 0.3 is 0 Å². The van der Waals surface area contributed by atoms with E-state index in [-0.39, 0.29) is 30.2 Å². The van der Waals surface area contributed by atoms with Crippen LogP contribution in [0.5, 0.6) is 0 Å². The first kappa shape index (κ1) is 19.9. The highest BCUT2D eigenvalue weighted by Crippen LogP contribution is 2.29. The smallest absolute Gasteiger partial charge is 0.224 e. The summed E-state index contributed by atoms with van der Waals surface area (Å²) in [5.74, 6) is -0.153. The molecule has 2 heterocycles. The number of nitrogens with two attached hydrogens (primary N) is 1. The van der Waals surface area contributed by atoms with Crippen LogP contribution < -0.4 is 10.6 Å². The topological polar surface area (TPSA) is 49.6 Å². The van der Waals surface area contributed by atoms with Crippen LogP contribution in [0.2, 0.25) is 0 Å². The molecule has 29 heavy (non-hydrogen) atoms. The van der Waals surface area contributed by atoms with Crippen LogP contribution in [-0.2, 0) is 17.6 Å². The lowest BCUT2D eigenvalue weighted by Gasteiger charge is -2.36. The number of likely N-dealkylation sites (tertiary alicyclic amines) is 1. The lowest BCUT2D eigenvalue weighted by atomic mass is 10.0. The molecule has 2 aliphatic heterocycles. The lowest BCUT2D eigenvalue weighted by molar-refractivity contribution is -0.132. The second kappa shape index (κ2) is 8.95. The molecule has 0 aromatic heterocycles. The van der Waals surface area contributed by atoms with Gasteiger partial charge in [0.1, 0.15) is 5.82 Å². The molecule has 2 atom stereocenters. The summed E-state index contributed by atoms with van der Waals surface area (Å²) in [5, 5.41) is 0. The SMILES string of the molecule is N[C@@H](CC(=O)N1CCCC1CN1CCCc2ccccc21)Cc1ccccc1F. The fourth-order valence-electron chi connectivity index (χ4n) is 4.77. The number of fused-ring (bicyclic) bond motifs is 1. The molecule has 5 heteroatoms. The second-order valence-electron chi connectivity index (χ2n) is 8.32. The molecule has 1 amide bonds. The maximum Gasteiger partial charge on any atom is 0.224 e. The van der Waals surface area contributed by atoms with Crippen molar-refractivity contribution in [2.45, 2.75) is 50.6 Å². The molecule has 1 saturated heterocycles. The van der Waals surface area contributed by atoms with E-state index in [1.54, 1.807) is 18.2 Å². The summed E-state index contributed by atoms with van der Waals surface area (Å²) in [5.41, 5.74) is 9.51. The van der Waals surface area contributed by atoms with E-state index < -0.39 is 0 Å². The number of benzene rings is 2. The number of aryl methyl sites for hydroxylation is 1. The van der Waals surface area contributed by atoms with E-state index in [4.69, 9.17) is 5.73 Å². The zero-order chi connectivity index (χ0) is 20.2. The summed E-state index contributed by atoms with van der Waals surface area (Å²) in [6.45, 7) is 2.72. The molecule has 0 radical (unpaired) electrons. The highest BCUT2D eigenvalue weighted by atomic mass is 19.1. The van der Waals surface area contributed by atoms with Gasteiger partial charge < -0.3 is 15.5 Å². The zero-order valence-electron chi connectivity index (χ0n) is 16.9. The predicted molar refractivity (Wildman–Crippen MR) is 114 cm³/mol. The molecule has 2 aromatic rings. The summed E-state index contributed by atoms with van der Waals surface area (Å²) in [7, 11) is 0.